The fourth-order valence-corrected chi connectivity index (χ4v) is 2.35. The standard InChI is InChI=1S/C21H24N2O3/c1-16(2)26-20-9-5-18(6-10-20)12-14-23-21(24)15-25-19-7-3-17(4-8-19)11-13-22/h3-10,16H,11-12,14-15H2,1-2H3,(H,23,24). The Kier molecular flexibility index (Phi) is 7.50. The molecular formula is C21H24N2O3. The number of ether oxygens (including phenoxy) is 2. The molecule has 0 saturated heterocycles. The van der Waals surface area contributed by atoms with Crippen molar-refractivity contribution in [2.24, 2.45) is 0 Å². The zero-order valence-corrected chi connectivity index (χ0v) is 15.2. The van der Waals surface area contributed by atoms with Crippen LogP contribution in [0.3, 0.4) is 0 Å². The average Bonchev–Trinajstić information content (AvgIpc) is 2.62. The second-order valence-corrected chi connectivity index (χ2v) is 6.18. The van der Waals surface area contributed by atoms with Gasteiger partial charge in [0.1, 0.15) is 11.5 Å². The van der Waals surface area contributed by atoms with E-state index in [2.05, 4.69) is 11.4 Å². The van der Waals surface area contributed by atoms with Crippen LogP contribution in [0, 0.1) is 11.3 Å². The Hall–Kier alpha value is -3.00. The van der Waals surface area contributed by atoms with Gasteiger partial charge < -0.3 is 14.8 Å². The van der Waals surface area contributed by atoms with Crippen molar-refractivity contribution in [2.75, 3.05) is 13.2 Å². The van der Waals surface area contributed by atoms with E-state index < -0.39 is 0 Å². The summed E-state index contributed by atoms with van der Waals surface area (Å²) in [5.41, 5.74) is 2.06. The van der Waals surface area contributed by atoms with Crippen LogP contribution in [0.25, 0.3) is 0 Å². The molecule has 0 spiro atoms. The van der Waals surface area contributed by atoms with Gasteiger partial charge in [0.2, 0.25) is 0 Å². The van der Waals surface area contributed by atoms with Gasteiger partial charge in [-0.1, -0.05) is 24.3 Å². The van der Waals surface area contributed by atoms with Crippen molar-refractivity contribution in [3.05, 3.63) is 59.7 Å². The van der Waals surface area contributed by atoms with Crippen molar-refractivity contribution >= 4 is 5.91 Å². The number of carbonyl (C=O) groups is 1. The molecular weight excluding hydrogens is 328 g/mol. The van der Waals surface area contributed by atoms with E-state index in [4.69, 9.17) is 14.7 Å². The molecule has 26 heavy (non-hydrogen) atoms. The van der Waals surface area contributed by atoms with E-state index >= 15 is 0 Å². The highest BCUT2D eigenvalue weighted by Crippen LogP contribution is 2.14. The molecule has 2 aromatic rings. The summed E-state index contributed by atoms with van der Waals surface area (Å²) in [6.07, 6.45) is 1.27. The Morgan fingerprint density at radius 3 is 2.27 bits per heavy atom. The lowest BCUT2D eigenvalue weighted by Gasteiger charge is -2.10. The van der Waals surface area contributed by atoms with Gasteiger partial charge in [-0.25, -0.2) is 0 Å². The van der Waals surface area contributed by atoms with Crippen molar-refractivity contribution in [3.8, 4) is 17.6 Å². The normalized spacial score (nSPS) is 10.2. The minimum atomic E-state index is -0.161. The highest BCUT2D eigenvalue weighted by Gasteiger charge is 2.04. The summed E-state index contributed by atoms with van der Waals surface area (Å²) in [5.74, 6) is 1.30. The SMILES string of the molecule is CC(C)Oc1ccc(CCNC(=O)COc2ccc(CC#N)cc2)cc1. The van der Waals surface area contributed by atoms with E-state index in [9.17, 15) is 4.79 Å². The van der Waals surface area contributed by atoms with Crippen LogP contribution in [-0.2, 0) is 17.6 Å². The minimum Gasteiger partial charge on any atom is -0.491 e. The quantitative estimate of drug-likeness (QED) is 0.752. The van der Waals surface area contributed by atoms with Crippen LogP contribution >= 0.6 is 0 Å². The van der Waals surface area contributed by atoms with Crippen LogP contribution in [0.5, 0.6) is 11.5 Å². The number of nitrogens with one attached hydrogen (secondary N) is 1. The summed E-state index contributed by atoms with van der Waals surface area (Å²) in [4.78, 5) is 11.9. The first-order valence-corrected chi connectivity index (χ1v) is 8.68. The summed E-state index contributed by atoms with van der Waals surface area (Å²) < 4.78 is 11.0. The van der Waals surface area contributed by atoms with Crippen LogP contribution in [0.1, 0.15) is 25.0 Å². The monoisotopic (exact) mass is 352 g/mol. The second-order valence-electron chi connectivity index (χ2n) is 6.18. The van der Waals surface area contributed by atoms with E-state index in [0.29, 0.717) is 18.7 Å². The average molecular weight is 352 g/mol. The van der Waals surface area contributed by atoms with Crippen LogP contribution in [0.2, 0.25) is 0 Å². The highest BCUT2D eigenvalue weighted by molar-refractivity contribution is 5.77. The number of amides is 1. The maximum Gasteiger partial charge on any atom is 0.257 e. The van der Waals surface area contributed by atoms with Gasteiger partial charge in [0.05, 0.1) is 18.6 Å². The molecule has 0 aliphatic carbocycles. The zero-order valence-electron chi connectivity index (χ0n) is 15.2. The molecule has 0 saturated carbocycles. The molecule has 0 aromatic heterocycles. The predicted octanol–water partition coefficient (Wildman–Crippen LogP) is 3.28. The lowest BCUT2D eigenvalue weighted by Crippen LogP contribution is -2.30. The van der Waals surface area contributed by atoms with Crippen molar-refractivity contribution in [1.82, 2.24) is 5.32 Å². The van der Waals surface area contributed by atoms with Crippen molar-refractivity contribution in [2.45, 2.75) is 32.8 Å². The summed E-state index contributed by atoms with van der Waals surface area (Å²) in [5, 5.41) is 11.5. The van der Waals surface area contributed by atoms with E-state index in [1.807, 2.05) is 50.2 Å². The zero-order chi connectivity index (χ0) is 18.8. The maximum absolute atomic E-state index is 11.9. The first kappa shape index (κ1) is 19.3. The Balaban J connectivity index is 1.67. The van der Waals surface area contributed by atoms with Gasteiger partial charge in [0.25, 0.3) is 5.91 Å². The second kappa shape index (κ2) is 10.1. The number of benzene rings is 2. The molecule has 0 aliphatic heterocycles. The molecule has 0 aliphatic rings. The summed E-state index contributed by atoms with van der Waals surface area (Å²) in [7, 11) is 0. The van der Waals surface area contributed by atoms with E-state index in [1.54, 1.807) is 12.1 Å². The van der Waals surface area contributed by atoms with Crippen molar-refractivity contribution < 1.29 is 14.3 Å². The van der Waals surface area contributed by atoms with E-state index in [-0.39, 0.29) is 18.6 Å². The predicted molar refractivity (Wildman–Crippen MR) is 100 cm³/mol. The molecule has 0 heterocycles. The van der Waals surface area contributed by atoms with Gasteiger partial charge in [0, 0.05) is 6.54 Å². The first-order chi connectivity index (χ1) is 12.6. The maximum atomic E-state index is 11.9. The number of hydrogen-bond acceptors (Lipinski definition) is 4. The van der Waals surface area contributed by atoms with Crippen LogP contribution in [0.15, 0.2) is 48.5 Å². The number of carbonyl (C=O) groups excluding carboxylic acids is 1. The van der Waals surface area contributed by atoms with Gasteiger partial charge in [-0.05, 0) is 55.7 Å². The molecule has 0 radical (unpaired) electrons. The lowest BCUT2D eigenvalue weighted by atomic mass is 10.1. The molecule has 1 amide bonds. The Bertz CT molecular complexity index is 731. The van der Waals surface area contributed by atoms with Crippen LogP contribution in [0.4, 0.5) is 0 Å². The summed E-state index contributed by atoms with van der Waals surface area (Å²) in [6, 6.07) is 17.2. The third-order valence-corrected chi connectivity index (χ3v) is 3.61. The van der Waals surface area contributed by atoms with E-state index in [1.165, 1.54) is 0 Å². The molecule has 0 unspecified atom stereocenters. The van der Waals surface area contributed by atoms with Gasteiger partial charge in [0.15, 0.2) is 6.61 Å². The van der Waals surface area contributed by atoms with Crippen LogP contribution in [-0.4, -0.2) is 25.2 Å². The Morgan fingerprint density at radius 2 is 1.65 bits per heavy atom. The molecule has 136 valence electrons. The van der Waals surface area contributed by atoms with Crippen molar-refractivity contribution in [1.29, 1.82) is 5.26 Å². The van der Waals surface area contributed by atoms with Gasteiger partial charge in [-0.3, -0.25) is 4.79 Å². The third kappa shape index (κ3) is 6.86. The van der Waals surface area contributed by atoms with Gasteiger partial charge in [-0.15, -0.1) is 0 Å². The molecule has 2 aromatic carbocycles. The lowest BCUT2D eigenvalue weighted by molar-refractivity contribution is -0.123. The molecule has 0 bridgehead atoms. The molecule has 0 fully saturated rings. The minimum absolute atomic E-state index is 0.0290. The number of rotatable bonds is 9. The molecule has 0 atom stereocenters. The fraction of sp³-hybridized carbons (Fsp3) is 0.333. The molecule has 1 N–H and O–H groups in total. The summed E-state index contributed by atoms with van der Waals surface area (Å²) in [6.45, 7) is 4.50. The summed E-state index contributed by atoms with van der Waals surface area (Å²) >= 11 is 0. The fourth-order valence-electron chi connectivity index (χ4n) is 2.35. The Labute approximate surface area is 154 Å². The third-order valence-electron chi connectivity index (χ3n) is 3.61. The van der Waals surface area contributed by atoms with Gasteiger partial charge in [-0.2, -0.15) is 5.26 Å². The van der Waals surface area contributed by atoms with E-state index in [0.717, 1.165) is 23.3 Å². The largest absolute Gasteiger partial charge is 0.491 e. The number of hydrogen-bond donors (Lipinski definition) is 1. The smallest absolute Gasteiger partial charge is 0.257 e. The highest BCUT2D eigenvalue weighted by atomic mass is 16.5. The van der Waals surface area contributed by atoms with Crippen molar-refractivity contribution in [3.63, 3.8) is 0 Å². The first-order valence-electron chi connectivity index (χ1n) is 8.68. The van der Waals surface area contributed by atoms with Crippen LogP contribution < -0.4 is 14.8 Å². The number of nitrogens with zero attached hydrogens (tertiary/aromatic N) is 1. The molecule has 2 rings (SSSR count). The molecule has 5 heteroatoms. The Morgan fingerprint density at radius 1 is 1.04 bits per heavy atom. The number of nitriles is 1. The molecule has 5 nitrogen and oxygen atoms in total. The van der Waals surface area contributed by atoms with Gasteiger partial charge >= 0.3 is 0 Å². The topological polar surface area (TPSA) is 71.3 Å².